The van der Waals surface area contributed by atoms with E-state index in [4.69, 9.17) is 4.74 Å². The number of para-hydroxylation sites is 1. The number of nitrogens with zero attached hydrogens (tertiary/aromatic N) is 1. The van der Waals surface area contributed by atoms with Gasteiger partial charge in [-0.15, -0.1) is 12.6 Å². The summed E-state index contributed by atoms with van der Waals surface area (Å²) in [4.78, 5) is 11.3. The summed E-state index contributed by atoms with van der Waals surface area (Å²) in [7, 11) is 0. The van der Waals surface area contributed by atoms with Crippen LogP contribution in [0.25, 0.3) is 0 Å². The van der Waals surface area contributed by atoms with Crippen LogP contribution in [0.2, 0.25) is 0 Å². The van der Waals surface area contributed by atoms with Crippen LogP contribution >= 0.6 is 12.6 Å². The zero-order valence-electron chi connectivity index (χ0n) is 23.9. The van der Waals surface area contributed by atoms with Gasteiger partial charge in [0.15, 0.2) is 5.88 Å². The Morgan fingerprint density at radius 2 is 1.29 bits per heavy atom. The van der Waals surface area contributed by atoms with Crippen molar-refractivity contribution in [1.82, 2.24) is 10.5 Å². The normalized spacial score (nSPS) is 10.5. The molecule has 0 saturated carbocycles. The second-order valence-corrected chi connectivity index (χ2v) is 9.60. The molecule has 0 aliphatic heterocycles. The van der Waals surface area contributed by atoms with E-state index in [-0.39, 0.29) is 0 Å². The monoisotopic (exact) mass is 570 g/mol. The van der Waals surface area contributed by atoms with Gasteiger partial charge in [0.05, 0.1) is 6.61 Å². The molecule has 0 amide bonds. The number of rotatable bonds is 16. The summed E-state index contributed by atoms with van der Waals surface area (Å²) in [6.45, 7) is 8.52. The Hall–Kier alpha value is -3.55. The standard InChI is InChI=1S/C32H33NO.C3H9NO2S/c1-27(34-31-22-12-5-13-23-31)33(25-14-17-28-15-6-2-7-16-28)26-24-32(29-18-8-3-9-19-29)30-20-10-4-11-21-30;1-2-5-4-6-3-7/h2-13,15-16,18-23,32H,1,14,17,24-26H2;4,7H,2-3H2,1H3. The van der Waals surface area contributed by atoms with Crippen molar-refractivity contribution in [3.63, 3.8) is 0 Å². The van der Waals surface area contributed by atoms with E-state index in [0.717, 1.165) is 38.1 Å². The maximum atomic E-state index is 6.15. The van der Waals surface area contributed by atoms with Crippen LogP contribution in [0.4, 0.5) is 0 Å². The molecule has 5 nitrogen and oxygen atoms in total. The van der Waals surface area contributed by atoms with Crippen molar-refractivity contribution < 1.29 is 14.4 Å². The highest BCUT2D eigenvalue weighted by Crippen LogP contribution is 2.29. The number of ether oxygens (including phenoxy) is 1. The van der Waals surface area contributed by atoms with Crippen molar-refractivity contribution in [3.8, 4) is 5.75 Å². The maximum Gasteiger partial charge on any atom is 0.188 e. The van der Waals surface area contributed by atoms with Gasteiger partial charge < -0.3 is 9.64 Å². The molecule has 0 unspecified atom stereocenters. The third-order valence-corrected chi connectivity index (χ3v) is 6.62. The van der Waals surface area contributed by atoms with Crippen LogP contribution < -0.4 is 10.4 Å². The summed E-state index contributed by atoms with van der Waals surface area (Å²) in [5.41, 5.74) is 6.25. The fourth-order valence-corrected chi connectivity index (χ4v) is 4.53. The Labute approximate surface area is 251 Å². The number of hydrogen-bond donors (Lipinski definition) is 2. The molecule has 6 heteroatoms. The van der Waals surface area contributed by atoms with Gasteiger partial charge in [0.2, 0.25) is 0 Å². The SMILES string of the molecule is C=C(Oc1ccccc1)N(CCCc1ccccc1)CCC(c1ccccc1)c1ccccc1.CCONOCS. The summed E-state index contributed by atoms with van der Waals surface area (Å²) in [6, 6.07) is 42.2. The lowest BCUT2D eigenvalue weighted by molar-refractivity contribution is -0.152. The number of nitrogens with one attached hydrogen (secondary N) is 1. The molecule has 0 aromatic heterocycles. The van der Waals surface area contributed by atoms with E-state index in [2.05, 4.69) is 130 Å². The molecular formula is C35H42N2O3S. The highest BCUT2D eigenvalue weighted by Gasteiger charge is 2.17. The molecule has 0 fully saturated rings. The quantitative estimate of drug-likeness (QED) is 0.0469. The largest absolute Gasteiger partial charge is 0.442 e. The average Bonchev–Trinajstić information content (AvgIpc) is 3.03. The first kappa shape index (κ1) is 32.0. The Kier molecular flexibility index (Phi) is 15.2. The molecule has 4 aromatic rings. The van der Waals surface area contributed by atoms with Crippen molar-refractivity contribution in [2.75, 3.05) is 25.6 Å². The third-order valence-electron chi connectivity index (χ3n) is 6.49. The van der Waals surface area contributed by atoms with Crippen molar-refractivity contribution in [2.45, 2.75) is 32.1 Å². The fraction of sp³-hybridized carbons (Fsp3) is 0.257. The van der Waals surface area contributed by atoms with Crippen LogP contribution in [-0.4, -0.2) is 30.5 Å². The van der Waals surface area contributed by atoms with E-state index in [1.54, 1.807) is 0 Å². The Morgan fingerprint density at radius 1 is 0.756 bits per heavy atom. The smallest absolute Gasteiger partial charge is 0.188 e. The van der Waals surface area contributed by atoms with Crippen molar-refractivity contribution in [2.24, 2.45) is 0 Å². The molecule has 0 heterocycles. The van der Waals surface area contributed by atoms with Crippen LogP contribution in [0, 0.1) is 0 Å². The molecule has 0 aliphatic rings. The zero-order valence-corrected chi connectivity index (χ0v) is 24.8. The number of benzene rings is 4. The van der Waals surface area contributed by atoms with Gasteiger partial charge >= 0.3 is 0 Å². The van der Waals surface area contributed by atoms with Gasteiger partial charge in [0.1, 0.15) is 11.7 Å². The first-order chi connectivity index (χ1) is 20.2. The Morgan fingerprint density at radius 3 is 1.83 bits per heavy atom. The van der Waals surface area contributed by atoms with E-state index in [9.17, 15) is 0 Å². The van der Waals surface area contributed by atoms with Crippen molar-refractivity contribution in [3.05, 3.63) is 150 Å². The molecular weight excluding hydrogens is 528 g/mol. The van der Waals surface area contributed by atoms with Gasteiger partial charge in [-0.05, 0) is 61.6 Å². The topological polar surface area (TPSA) is 43.0 Å². The van der Waals surface area contributed by atoms with Crippen LogP contribution in [0.3, 0.4) is 0 Å². The molecule has 4 rings (SSSR count). The van der Waals surface area contributed by atoms with E-state index < -0.39 is 0 Å². The van der Waals surface area contributed by atoms with Crippen molar-refractivity contribution in [1.29, 1.82) is 0 Å². The molecule has 41 heavy (non-hydrogen) atoms. The van der Waals surface area contributed by atoms with Gasteiger partial charge in [-0.1, -0.05) is 115 Å². The van der Waals surface area contributed by atoms with Crippen LogP contribution in [0.1, 0.15) is 42.4 Å². The molecule has 0 bridgehead atoms. The van der Waals surface area contributed by atoms with Gasteiger partial charge in [0, 0.05) is 19.0 Å². The number of thiol groups is 1. The predicted molar refractivity (Wildman–Crippen MR) is 172 cm³/mol. The number of aryl methyl sites for hydroxylation is 1. The van der Waals surface area contributed by atoms with E-state index >= 15 is 0 Å². The molecule has 216 valence electrons. The van der Waals surface area contributed by atoms with E-state index in [1.807, 2.05) is 37.3 Å². The predicted octanol–water partition coefficient (Wildman–Crippen LogP) is 8.04. The third kappa shape index (κ3) is 12.2. The minimum absolute atomic E-state index is 0.319. The highest BCUT2D eigenvalue weighted by molar-refractivity contribution is 7.80. The highest BCUT2D eigenvalue weighted by atomic mass is 32.1. The van der Waals surface area contributed by atoms with Crippen LogP contribution in [0.15, 0.2) is 134 Å². The molecule has 4 aromatic carbocycles. The lowest BCUT2D eigenvalue weighted by Crippen LogP contribution is -2.29. The van der Waals surface area contributed by atoms with Gasteiger partial charge in [0.25, 0.3) is 0 Å². The molecule has 0 spiro atoms. The molecule has 0 atom stereocenters. The second-order valence-electron chi connectivity index (χ2n) is 9.34. The lowest BCUT2D eigenvalue weighted by Gasteiger charge is -2.29. The van der Waals surface area contributed by atoms with Crippen LogP contribution in [-0.2, 0) is 16.1 Å². The summed E-state index contributed by atoms with van der Waals surface area (Å²) < 4.78 is 6.15. The summed E-state index contributed by atoms with van der Waals surface area (Å²) in [5, 5.41) is 0. The summed E-state index contributed by atoms with van der Waals surface area (Å²) in [5.74, 6) is 2.17. The summed E-state index contributed by atoms with van der Waals surface area (Å²) >= 11 is 3.73. The average molecular weight is 571 g/mol. The lowest BCUT2D eigenvalue weighted by atomic mass is 9.88. The van der Waals surface area contributed by atoms with E-state index in [0.29, 0.717) is 24.3 Å². The minimum atomic E-state index is 0.319. The minimum Gasteiger partial charge on any atom is -0.442 e. The second kappa shape index (κ2) is 19.5. The summed E-state index contributed by atoms with van der Waals surface area (Å²) in [6.07, 6.45) is 3.07. The van der Waals surface area contributed by atoms with Gasteiger partial charge in [-0.2, -0.15) is 0 Å². The fourth-order valence-electron chi connectivity index (χ4n) is 4.48. The number of hydrogen-bond acceptors (Lipinski definition) is 6. The molecule has 1 N–H and O–H groups in total. The Balaban J connectivity index is 0.000000587. The zero-order chi connectivity index (χ0) is 29.0. The first-order valence-corrected chi connectivity index (χ1v) is 14.7. The first-order valence-electron chi connectivity index (χ1n) is 14.1. The van der Waals surface area contributed by atoms with Gasteiger partial charge in [-0.3, -0.25) is 9.68 Å². The molecule has 0 radical (unpaired) electrons. The Bertz CT molecular complexity index is 1170. The van der Waals surface area contributed by atoms with Crippen LogP contribution in [0.5, 0.6) is 5.75 Å². The van der Waals surface area contributed by atoms with E-state index in [1.165, 1.54) is 16.7 Å². The molecule has 0 aliphatic carbocycles. The van der Waals surface area contributed by atoms with Gasteiger partial charge in [-0.25, -0.2) is 0 Å². The van der Waals surface area contributed by atoms with Crippen molar-refractivity contribution >= 4 is 12.6 Å². The maximum absolute atomic E-state index is 6.15. The molecule has 0 saturated heterocycles.